The smallest absolute Gasteiger partial charge is 0.317 e. The highest BCUT2D eigenvalue weighted by atomic mass is 16.4. The third-order valence-electron chi connectivity index (χ3n) is 4.97. The van der Waals surface area contributed by atoms with Crippen molar-refractivity contribution in [1.29, 1.82) is 0 Å². The van der Waals surface area contributed by atoms with E-state index < -0.39 is 5.97 Å². The van der Waals surface area contributed by atoms with Crippen LogP contribution in [0.4, 0.5) is 0 Å². The van der Waals surface area contributed by atoms with Crippen molar-refractivity contribution < 1.29 is 9.90 Å². The molecule has 2 atom stereocenters. The van der Waals surface area contributed by atoms with Crippen LogP contribution in [0.2, 0.25) is 0 Å². The monoisotopic (exact) mass is 314 g/mol. The standard InChI is InChI=1S/C19H26N2O2/c1-14(11-15-5-3-2-4-6-15)17-12-18(17)20-16-7-9-21(10-8-16)13-19(22)23/h2-6,11,16-18,20H,7-10,12-13H2,1H3,(H,22,23)/t17-,18+/m0/s1. The number of carboxylic acids is 1. The van der Waals surface area contributed by atoms with Crippen LogP contribution in [0, 0.1) is 5.92 Å². The maximum atomic E-state index is 10.7. The first-order chi connectivity index (χ1) is 11.1. The summed E-state index contributed by atoms with van der Waals surface area (Å²) in [6, 6.07) is 11.6. The quantitative estimate of drug-likeness (QED) is 0.847. The Morgan fingerprint density at radius 1 is 1.30 bits per heavy atom. The Labute approximate surface area is 138 Å². The Morgan fingerprint density at radius 3 is 2.65 bits per heavy atom. The van der Waals surface area contributed by atoms with E-state index in [1.807, 2.05) is 11.0 Å². The number of hydrogen-bond donors (Lipinski definition) is 2. The maximum Gasteiger partial charge on any atom is 0.317 e. The fraction of sp³-hybridized carbons (Fsp3) is 0.526. The van der Waals surface area contributed by atoms with Crippen molar-refractivity contribution in [3.63, 3.8) is 0 Å². The van der Waals surface area contributed by atoms with Gasteiger partial charge in [-0.15, -0.1) is 0 Å². The molecule has 0 bridgehead atoms. The van der Waals surface area contributed by atoms with E-state index in [-0.39, 0.29) is 6.54 Å². The van der Waals surface area contributed by atoms with Crippen LogP contribution in [0.25, 0.3) is 6.08 Å². The fourth-order valence-corrected chi connectivity index (χ4v) is 3.55. The zero-order valence-corrected chi connectivity index (χ0v) is 13.7. The summed E-state index contributed by atoms with van der Waals surface area (Å²) in [6.45, 7) is 4.19. The summed E-state index contributed by atoms with van der Waals surface area (Å²) in [7, 11) is 0. The van der Waals surface area contributed by atoms with Gasteiger partial charge in [-0.25, -0.2) is 0 Å². The zero-order valence-electron chi connectivity index (χ0n) is 13.7. The lowest BCUT2D eigenvalue weighted by atomic mass is 10.0. The van der Waals surface area contributed by atoms with Crippen molar-refractivity contribution in [3.05, 3.63) is 41.5 Å². The Balaban J connectivity index is 1.43. The molecule has 1 heterocycles. The normalized spacial score (nSPS) is 26.2. The average Bonchev–Trinajstić information content (AvgIpc) is 3.29. The van der Waals surface area contributed by atoms with Gasteiger partial charge in [0.1, 0.15) is 0 Å². The molecule has 1 aliphatic carbocycles. The Bertz CT molecular complexity index is 562. The Morgan fingerprint density at radius 2 is 2.00 bits per heavy atom. The number of nitrogens with zero attached hydrogens (tertiary/aromatic N) is 1. The van der Waals surface area contributed by atoms with Crippen molar-refractivity contribution in [2.75, 3.05) is 19.6 Å². The number of likely N-dealkylation sites (tertiary alicyclic amines) is 1. The largest absolute Gasteiger partial charge is 0.480 e. The number of aliphatic carboxylic acids is 1. The topological polar surface area (TPSA) is 52.6 Å². The third-order valence-corrected chi connectivity index (χ3v) is 4.97. The van der Waals surface area contributed by atoms with Gasteiger partial charge in [0.2, 0.25) is 0 Å². The maximum absolute atomic E-state index is 10.7. The van der Waals surface area contributed by atoms with Crippen molar-refractivity contribution >= 4 is 12.0 Å². The van der Waals surface area contributed by atoms with Crippen molar-refractivity contribution in [3.8, 4) is 0 Å². The van der Waals surface area contributed by atoms with Gasteiger partial charge < -0.3 is 10.4 Å². The summed E-state index contributed by atoms with van der Waals surface area (Å²) in [4.78, 5) is 12.8. The van der Waals surface area contributed by atoms with Gasteiger partial charge >= 0.3 is 5.97 Å². The average molecular weight is 314 g/mol. The fourth-order valence-electron chi connectivity index (χ4n) is 3.55. The number of nitrogens with one attached hydrogen (secondary N) is 1. The van der Waals surface area contributed by atoms with E-state index in [2.05, 4.69) is 42.6 Å². The van der Waals surface area contributed by atoms with Gasteiger partial charge in [0.25, 0.3) is 0 Å². The SMILES string of the molecule is CC(=Cc1ccccc1)[C@@H]1C[C@H]1NC1CCN(CC(=O)O)CC1. The number of piperidine rings is 1. The molecule has 23 heavy (non-hydrogen) atoms. The molecule has 0 unspecified atom stereocenters. The molecule has 0 amide bonds. The van der Waals surface area contributed by atoms with Crippen LogP contribution in [-0.2, 0) is 4.79 Å². The number of carbonyl (C=O) groups is 1. The van der Waals surface area contributed by atoms with Gasteiger partial charge in [0, 0.05) is 25.2 Å². The second-order valence-corrected chi connectivity index (χ2v) is 6.86. The molecule has 1 aromatic rings. The lowest BCUT2D eigenvalue weighted by molar-refractivity contribution is -0.138. The van der Waals surface area contributed by atoms with Crippen LogP contribution in [0.5, 0.6) is 0 Å². The summed E-state index contributed by atoms with van der Waals surface area (Å²) in [5.41, 5.74) is 2.73. The second kappa shape index (κ2) is 7.28. The zero-order chi connectivity index (χ0) is 16.2. The van der Waals surface area contributed by atoms with Crippen LogP contribution < -0.4 is 5.32 Å². The number of rotatable bonds is 6. The van der Waals surface area contributed by atoms with E-state index in [0.29, 0.717) is 18.0 Å². The molecule has 3 rings (SSSR count). The first-order valence-corrected chi connectivity index (χ1v) is 8.55. The molecule has 0 spiro atoms. The Hall–Kier alpha value is -1.65. The summed E-state index contributed by atoms with van der Waals surface area (Å²) in [5.74, 6) is -0.0624. The summed E-state index contributed by atoms with van der Waals surface area (Å²) in [6.07, 6.45) is 5.63. The van der Waals surface area contributed by atoms with Gasteiger partial charge in [0.05, 0.1) is 6.54 Å². The highest BCUT2D eigenvalue weighted by molar-refractivity contribution is 5.69. The van der Waals surface area contributed by atoms with Gasteiger partial charge in [-0.1, -0.05) is 42.0 Å². The van der Waals surface area contributed by atoms with Crippen molar-refractivity contribution in [2.24, 2.45) is 5.92 Å². The summed E-state index contributed by atoms with van der Waals surface area (Å²) < 4.78 is 0. The predicted octanol–water partition coefficient (Wildman–Crippen LogP) is 2.62. The minimum atomic E-state index is -0.722. The molecule has 2 fully saturated rings. The van der Waals surface area contributed by atoms with Crippen molar-refractivity contribution in [1.82, 2.24) is 10.2 Å². The van der Waals surface area contributed by atoms with Gasteiger partial charge in [-0.05, 0) is 37.7 Å². The molecule has 1 saturated heterocycles. The predicted molar refractivity (Wildman–Crippen MR) is 92.2 cm³/mol. The van der Waals surface area contributed by atoms with E-state index in [9.17, 15) is 4.79 Å². The summed E-state index contributed by atoms with van der Waals surface area (Å²) in [5, 5.41) is 12.6. The van der Waals surface area contributed by atoms with Gasteiger partial charge in [0.15, 0.2) is 0 Å². The third kappa shape index (κ3) is 4.66. The van der Waals surface area contributed by atoms with E-state index in [0.717, 1.165) is 25.9 Å². The van der Waals surface area contributed by atoms with E-state index in [1.54, 1.807) is 0 Å². The number of benzene rings is 1. The molecular weight excluding hydrogens is 288 g/mol. The minimum Gasteiger partial charge on any atom is -0.480 e. The van der Waals surface area contributed by atoms with Crippen LogP contribution >= 0.6 is 0 Å². The number of carboxylic acid groups (broad SMARTS) is 1. The molecule has 1 aromatic carbocycles. The lowest BCUT2D eigenvalue weighted by Gasteiger charge is -2.31. The molecule has 124 valence electrons. The van der Waals surface area contributed by atoms with Crippen molar-refractivity contribution in [2.45, 2.75) is 38.3 Å². The highest BCUT2D eigenvalue weighted by Crippen LogP contribution is 2.38. The summed E-state index contributed by atoms with van der Waals surface area (Å²) >= 11 is 0. The van der Waals surface area contributed by atoms with Gasteiger partial charge in [-0.3, -0.25) is 9.69 Å². The molecule has 0 aromatic heterocycles. The minimum absolute atomic E-state index is 0.178. The molecule has 0 radical (unpaired) electrons. The first kappa shape index (κ1) is 16.2. The van der Waals surface area contributed by atoms with E-state index in [1.165, 1.54) is 17.6 Å². The van der Waals surface area contributed by atoms with Gasteiger partial charge in [-0.2, -0.15) is 0 Å². The molecule has 4 nitrogen and oxygen atoms in total. The van der Waals surface area contributed by atoms with Crippen LogP contribution in [-0.4, -0.2) is 47.7 Å². The lowest BCUT2D eigenvalue weighted by Crippen LogP contribution is -2.45. The molecular formula is C19H26N2O2. The highest BCUT2D eigenvalue weighted by Gasteiger charge is 2.39. The molecule has 2 N–H and O–H groups in total. The van der Waals surface area contributed by atoms with Crippen LogP contribution in [0.15, 0.2) is 35.9 Å². The second-order valence-electron chi connectivity index (χ2n) is 6.86. The molecule has 4 heteroatoms. The molecule has 1 aliphatic heterocycles. The Kier molecular flexibility index (Phi) is 5.13. The van der Waals surface area contributed by atoms with Crippen LogP contribution in [0.3, 0.4) is 0 Å². The molecule has 2 aliphatic rings. The number of hydrogen-bond acceptors (Lipinski definition) is 3. The van der Waals surface area contributed by atoms with E-state index in [4.69, 9.17) is 5.11 Å². The van der Waals surface area contributed by atoms with Crippen LogP contribution in [0.1, 0.15) is 31.7 Å². The first-order valence-electron chi connectivity index (χ1n) is 8.55. The van der Waals surface area contributed by atoms with E-state index >= 15 is 0 Å². The molecule has 1 saturated carbocycles.